The Hall–Kier alpha value is -0.480. The van der Waals surface area contributed by atoms with Crippen molar-refractivity contribution in [2.75, 3.05) is 5.75 Å². The fraction of sp³-hybridized carbons (Fsp3) is 0.833. The first kappa shape index (κ1) is 13.6. The van der Waals surface area contributed by atoms with Gasteiger partial charge in [-0.15, -0.1) is 11.8 Å². The minimum absolute atomic E-state index is 0. The SMILES string of the molecule is CC1SCC(C(=O)O)N1S(=O)(=O)C(F)(F)F. The number of rotatable bonds is 2. The molecule has 1 N–H and O–H groups in total. The van der Waals surface area contributed by atoms with Crippen LogP contribution in [-0.4, -0.2) is 46.5 Å². The summed E-state index contributed by atoms with van der Waals surface area (Å²) in [4.78, 5) is 10.6. The first-order valence-electron chi connectivity index (χ1n) is 4.03. The number of thioether (sulfide) groups is 1. The third-order valence-corrected chi connectivity index (χ3v) is 5.08. The molecule has 0 saturated carbocycles. The van der Waals surface area contributed by atoms with Gasteiger partial charge in [-0.1, -0.05) is 0 Å². The molecule has 1 rings (SSSR count). The van der Waals surface area contributed by atoms with E-state index in [1.807, 2.05) is 0 Å². The molecule has 0 aromatic heterocycles. The second-order valence-electron chi connectivity index (χ2n) is 3.07. The lowest BCUT2D eigenvalue weighted by Gasteiger charge is -2.24. The van der Waals surface area contributed by atoms with Gasteiger partial charge in [0, 0.05) is 5.75 Å². The van der Waals surface area contributed by atoms with Crippen LogP contribution in [-0.2, 0) is 14.8 Å². The lowest BCUT2D eigenvalue weighted by Crippen LogP contribution is -2.49. The molecule has 1 heterocycles. The van der Waals surface area contributed by atoms with Crippen molar-refractivity contribution in [1.29, 1.82) is 0 Å². The van der Waals surface area contributed by atoms with Crippen LogP contribution in [0.1, 0.15) is 6.92 Å². The Kier molecular flexibility index (Phi) is 3.46. The summed E-state index contributed by atoms with van der Waals surface area (Å²) in [5, 5.41) is 7.61. The van der Waals surface area contributed by atoms with Crippen molar-refractivity contribution in [1.82, 2.24) is 4.31 Å². The lowest BCUT2D eigenvalue weighted by molar-refractivity contribution is -0.140. The first-order valence-corrected chi connectivity index (χ1v) is 6.52. The van der Waals surface area contributed by atoms with Crippen LogP contribution >= 0.6 is 11.8 Å². The predicted octanol–water partition coefficient (Wildman–Crippen LogP) is 0.684. The predicted molar refractivity (Wildman–Crippen MR) is 50.2 cm³/mol. The van der Waals surface area contributed by atoms with Crippen LogP contribution in [0, 0.1) is 0 Å². The summed E-state index contributed by atoms with van der Waals surface area (Å²) in [6, 6.07) is -1.66. The smallest absolute Gasteiger partial charge is 0.480 e. The van der Waals surface area contributed by atoms with Crippen LogP contribution < -0.4 is 0 Å². The number of carboxylic acids is 1. The molecule has 1 fully saturated rings. The Balaban J connectivity index is 3.15. The molecule has 0 spiro atoms. The van der Waals surface area contributed by atoms with Gasteiger partial charge in [-0.05, 0) is 6.92 Å². The van der Waals surface area contributed by atoms with Crippen molar-refractivity contribution in [3.8, 4) is 0 Å². The summed E-state index contributed by atoms with van der Waals surface area (Å²) < 4.78 is 59.0. The van der Waals surface area contributed by atoms with E-state index in [9.17, 15) is 26.4 Å². The van der Waals surface area contributed by atoms with Crippen molar-refractivity contribution in [3.05, 3.63) is 0 Å². The number of sulfonamides is 1. The number of alkyl halides is 3. The Morgan fingerprint density at radius 2 is 2.00 bits per heavy atom. The molecule has 2 atom stereocenters. The maximum Gasteiger partial charge on any atom is 0.511 e. The molecule has 0 radical (unpaired) electrons. The highest BCUT2D eigenvalue weighted by Crippen LogP contribution is 2.37. The molecule has 94 valence electrons. The number of hydrogen-bond donors (Lipinski definition) is 1. The van der Waals surface area contributed by atoms with Crippen molar-refractivity contribution >= 4 is 27.8 Å². The molecule has 0 bridgehead atoms. The van der Waals surface area contributed by atoms with Crippen molar-refractivity contribution < 1.29 is 31.5 Å². The molecule has 5 nitrogen and oxygen atoms in total. The van der Waals surface area contributed by atoms with Gasteiger partial charge in [-0.25, -0.2) is 8.42 Å². The maximum absolute atomic E-state index is 12.3. The van der Waals surface area contributed by atoms with Crippen LogP contribution in [0.5, 0.6) is 0 Å². The van der Waals surface area contributed by atoms with Gasteiger partial charge >= 0.3 is 21.5 Å². The molecule has 0 aliphatic carbocycles. The first-order chi connectivity index (χ1) is 7.09. The number of hydrogen-bond acceptors (Lipinski definition) is 4. The molecule has 1 aliphatic heterocycles. The number of carboxylic acid groups (broad SMARTS) is 1. The third-order valence-electron chi connectivity index (χ3n) is 2.02. The number of aliphatic carboxylic acids is 1. The summed E-state index contributed by atoms with van der Waals surface area (Å²) in [6.45, 7) is 1.22. The van der Waals surface area contributed by atoms with E-state index in [1.54, 1.807) is 0 Å². The summed E-state index contributed by atoms with van der Waals surface area (Å²) in [5.41, 5.74) is -5.47. The van der Waals surface area contributed by atoms with Crippen LogP contribution in [0.15, 0.2) is 0 Å². The van der Waals surface area contributed by atoms with Crippen LogP contribution in [0.4, 0.5) is 13.2 Å². The van der Waals surface area contributed by atoms with Gasteiger partial charge in [0.25, 0.3) is 0 Å². The van der Waals surface area contributed by atoms with Gasteiger partial charge in [0.2, 0.25) is 0 Å². The normalized spacial score (nSPS) is 28.2. The van der Waals surface area contributed by atoms with Crippen LogP contribution in [0.25, 0.3) is 0 Å². The fourth-order valence-electron chi connectivity index (χ4n) is 1.29. The standard InChI is InChI=1S/C6H8F3NO4S2/c1-3-10(4(2-15-3)5(11)12)16(13,14)6(7,8)9/h3-4H,2H2,1H3,(H,11,12). The Labute approximate surface area is 93.7 Å². The van der Waals surface area contributed by atoms with Gasteiger partial charge in [0.05, 0.1) is 5.37 Å². The van der Waals surface area contributed by atoms with Crippen LogP contribution in [0.2, 0.25) is 0 Å². The van der Waals surface area contributed by atoms with Gasteiger partial charge in [-0.3, -0.25) is 4.79 Å². The van der Waals surface area contributed by atoms with Gasteiger partial charge in [0.15, 0.2) is 0 Å². The fourth-order valence-corrected chi connectivity index (χ4v) is 4.10. The van der Waals surface area contributed by atoms with Crippen molar-refractivity contribution in [2.24, 2.45) is 0 Å². The van der Waals surface area contributed by atoms with Crippen molar-refractivity contribution in [2.45, 2.75) is 23.8 Å². The Morgan fingerprint density at radius 1 is 1.50 bits per heavy atom. The molecule has 0 amide bonds. The Bertz CT molecular complexity index is 393. The van der Waals surface area contributed by atoms with E-state index in [1.165, 1.54) is 6.92 Å². The highest BCUT2D eigenvalue weighted by atomic mass is 32.2. The average molecular weight is 279 g/mol. The second-order valence-corrected chi connectivity index (χ2v) is 6.25. The highest BCUT2D eigenvalue weighted by Gasteiger charge is 2.56. The minimum Gasteiger partial charge on any atom is -0.480 e. The number of nitrogens with zero attached hydrogens (tertiary/aromatic N) is 1. The molecular formula is C6H8F3NO4S2. The zero-order chi connectivity index (χ0) is 12.7. The van der Waals surface area contributed by atoms with Gasteiger partial charge in [0.1, 0.15) is 6.04 Å². The Morgan fingerprint density at radius 3 is 2.38 bits per heavy atom. The van der Waals surface area contributed by atoms with Gasteiger partial charge in [-0.2, -0.15) is 17.5 Å². The molecular weight excluding hydrogens is 271 g/mol. The van der Waals surface area contributed by atoms with E-state index in [0.29, 0.717) is 0 Å². The highest BCUT2D eigenvalue weighted by molar-refractivity contribution is 8.01. The topological polar surface area (TPSA) is 74.7 Å². The lowest BCUT2D eigenvalue weighted by atomic mass is 10.3. The quantitative estimate of drug-likeness (QED) is 0.804. The van der Waals surface area contributed by atoms with E-state index in [4.69, 9.17) is 5.11 Å². The van der Waals surface area contributed by atoms with E-state index in [2.05, 4.69) is 0 Å². The summed E-state index contributed by atoms with van der Waals surface area (Å²) in [6.07, 6.45) is 0. The molecule has 1 aliphatic rings. The third kappa shape index (κ3) is 2.13. The number of halogens is 3. The van der Waals surface area contributed by atoms with Crippen molar-refractivity contribution in [3.63, 3.8) is 0 Å². The largest absolute Gasteiger partial charge is 0.511 e. The molecule has 10 heteroatoms. The van der Waals surface area contributed by atoms with E-state index < -0.39 is 32.9 Å². The summed E-state index contributed by atoms with van der Waals surface area (Å²) in [5.74, 6) is -1.77. The summed E-state index contributed by atoms with van der Waals surface area (Å²) >= 11 is 0.851. The van der Waals surface area contributed by atoms with E-state index >= 15 is 0 Å². The second kappa shape index (κ2) is 4.08. The van der Waals surface area contributed by atoms with Crippen LogP contribution in [0.3, 0.4) is 0 Å². The number of carbonyl (C=O) groups is 1. The van der Waals surface area contributed by atoms with E-state index in [-0.39, 0.29) is 10.1 Å². The monoisotopic (exact) mass is 279 g/mol. The maximum atomic E-state index is 12.3. The molecule has 1 saturated heterocycles. The molecule has 0 aromatic carbocycles. The molecule has 2 unspecified atom stereocenters. The molecule has 16 heavy (non-hydrogen) atoms. The van der Waals surface area contributed by atoms with E-state index in [0.717, 1.165) is 11.8 Å². The molecule has 0 aromatic rings. The summed E-state index contributed by atoms with van der Waals surface area (Å²) in [7, 11) is -5.59. The zero-order valence-corrected chi connectivity index (χ0v) is 9.56. The van der Waals surface area contributed by atoms with Gasteiger partial charge < -0.3 is 5.11 Å². The average Bonchev–Trinajstić information content (AvgIpc) is 2.45. The zero-order valence-electron chi connectivity index (χ0n) is 7.93. The minimum atomic E-state index is -5.59.